The molecule has 6 heteroatoms. The molecule has 1 N–H and O–H groups in total. The first kappa shape index (κ1) is 13.4. The molecule has 1 fully saturated rings. The Bertz CT molecular complexity index is 475. The standard InChI is InChI=1S/C13H15NO5/c1-2-18-12(16)19-13(17)8-9-14(11(13)15)10-6-4-3-5-7-10/h3-7,17H,2,8-9H2,1H3/t13-/m1/s1. The molecular weight excluding hydrogens is 250 g/mol. The highest BCUT2D eigenvalue weighted by Gasteiger charge is 2.49. The zero-order valence-corrected chi connectivity index (χ0v) is 10.5. The number of carbonyl (C=O) groups excluding carboxylic acids is 2. The maximum atomic E-state index is 12.1. The molecule has 1 heterocycles. The Morgan fingerprint density at radius 3 is 2.74 bits per heavy atom. The van der Waals surface area contributed by atoms with E-state index in [9.17, 15) is 14.7 Å². The highest BCUT2D eigenvalue weighted by molar-refractivity contribution is 6.01. The smallest absolute Gasteiger partial charge is 0.435 e. The topological polar surface area (TPSA) is 76.1 Å². The van der Waals surface area contributed by atoms with Gasteiger partial charge in [0, 0.05) is 18.7 Å². The second-order valence-corrected chi connectivity index (χ2v) is 4.11. The summed E-state index contributed by atoms with van der Waals surface area (Å²) in [5.41, 5.74) is 0.649. The van der Waals surface area contributed by atoms with Crippen LogP contribution in [0.15, 0.2) is 30.3 Å². The fourth-order valence-corrected chi connectivity index (χ4v) is 1.92. The second kappa shape index (κ2) is 5.27. The van der Waals surface area contributed by atoms with Crippen molar-refractivity contribution in [2.45, 2.75) is 19.1 Å². The van der Waals surface area contributed by atoms with E-state index in [2.05, 4.69) is 4.74 Å². The van der Waals surface area contributed by atoms with Gasteiger partial charge < -0.3 is 19.5 Å². The molecule has 102 valence electrons. The van der Waals surface area contributed by atoms with Gasteiger partial charge in [-0.25, -0.2) is 4.79 Å². The quantitative estimate of drug-likeness (QED) is 0.658. The van der Waals surface area contributed by atoms with Gasteiger partial charge >= 0.3 is 6.16 Å². The summed E-state index contributed by atoms with van der Waals surface area (Å²) in [6.45, 7) is 2.00. The van der Waals surface area contributed by atoms with Crippen molar-refractivity contribution in [1.29, 1.82) is 0 Å². The molecule has 1 aliphatic heterocycles. The number of carbonyl (C=O) groups is 2. The Kier molecular flexibility index (Phi) is 3.71. The summed E-state index contributed by atoms with van der Waals surface area (Å²) in [6.07, 6.45) is -1.03. The molecule has 0 aromatic heterocycles. The fourth-order valence-electron chi connectivity index (χ4n) is 1.92. The van der Waals surface area contributed by atoms with E-state index >= 15 is 0 Å². The highest BCUT2D eigenvalue weighted by Crippen LogP contribution is 2.29. The van der Waals surface area contributed by atoms with Gasteiger partial charge in [0.15, 0.2) is 0 Å². The third-order valence-electron chi connectivity index (χ3n) is 2.84. The van der Waals surface area contributed by atoms with Crippen LogP contribution in [0.1, 0.15) is 13.3 Å². The van der Waals surface area contributed by atoms with Gasteiger partial charge in [-0.2, -0.15) is 0 Å². The SMILES string of the molecule is CCOC(=O)O[C@]1(O)CCN(c2ccccc2)C1=O. The number of hydrogen-bond donors (Lipinski definition) is 1. The van der Waals surface area contributed by atoms with Crippen molar-refractivity contribution < 1.29 is 24.2 Å². The summed E-state index contributed by atoms with van der Waals surface area (Å²) in [5, 5.41) is 10.1. The van der Waals surface area contributed by atoms with E-state index in [0.29, 0.717) is 5.69 Å². The van der Waals surface area contributed by atoms with Crippen molar-refractivity contribution in [2.75, 3.05) is 18.1 Å². The molecule has 0 spiro atoms. The van der Waals surface area contributed by atoms with Gasteiger partial charge in [0.05, 0.1) is 6.61 Å². The number of hydrogen-bond acceptors (Lipinski definition) is 5. The van der Waals surface area contributed by atoms with E-state index in [1.165, 1.54) is 4.90 Å². The van der Waals surface area contributed by atoms with Gasteiger partial charge in [0.1, 0.15) is 0 Å². The van der Waals surface area contributed by atoms with Crippen LogP contribution >= 0.6 is 0 Å². The molecule has 19 heavy (non-hydrogen) atoms. The Morgan fingerprint density at radius 1 is 1.42 bits per heavy atom. The van der Waals surface area contributed by atoms with Gasteiger partial charge in [-0.05, 0) is 19.1 Å². The van der Waals surface area contributed by atoms with Crippen molar-refractivity contribution in [3.63, 3.8) is 0 Å². The lowest BCUT2D eigenvalue weighted by Crippen LogP contribution is -2.44. The summed E-state index contributed by atoms with van der Waals surface area (Å²) < 4.78 is 9.27. The monoisotopic (exact) mass is 265 g/mol. The third-order valence-corrected chi connectivity index (χ3v) is 2.84. The number of anilines is 1. The minimum Gasteiger partial charge on any atom is -0.435 e. The average molecular weight is 265 g/mol. The van der Waals surface area contributed by atoms with E-state index in [1.54, 1.807) is 31.2 Å². The van der Waals surface area contributed by atoms with E-state index in [-0.39, 0.29) is 19.6 Å². The summed E-state index contributed by atoms with van der Waals surface area (Å²) in [4.78, 5) is 24.7. The maximum absolute atomic E-state index is 12.1. The van der Waals surface area contributed by atoms with Crippen LogP contribution < -0.4 is 4.90 Å². The van der Waals surface area contributed by atoms with Gasteiger partial charge in [-0.1, -0.05) is 18.2 Å². The number of para-hydroxylation sites is 1. The number of benzene rings is 1. The van der Waals surface area contributed by atoms with Crippen LogP contribution in [-0.2, 0) is 14.3 Å². The van der Waals surface area contributed by atoms with Gasteiger partial charge in [-0.3, -0.25) is 4.79 Å². The van der Waals surface area contributed by atoms with Crippen molar-refractivity contribution >= 4 is 17.7 Å². The first-order valence-corrected chi connectivity index (χ1v) is 6.02. The molecule has 0 radical (unpaired) electrons. The predicted octanol–water partition coefficient (Wildman–Crippen LogP) is 1.29. The number of amides is 1. The normalized spacial score (nSPS) is 22.4. The summed E-state index contributed by atoms with van der Waals surface area (Å²) in [7, 11) is 0. The molecule has 1 saturated heterocycles. The first-order valence-electron chi connectivity index (χ1n) is 6.02. The van der Waals surface area contributed by atoms with Crippen LogP contribution in [0, 0.1) is 0 Å². The lowest BCUT2D eigenvalue weighted by molar-refractivity contribution is -0.182. The Morgan fingerprint density at radius 2 is 2.11 bits per heavy atom. The number of nitrogens with zero attached hydrogens (tertiary/aromatic N) is 1. The van der Waals surface area contributed by atoms with Gasteiger partial charge in [0.2, 0.25) is 0 Å². The zero-order chi connectivity index (χ0) is 13.9. The molecule has 1 atom stereocenters. The van der Waals surface area contributed by atoms with E-state index in [0.717, 1.165) is 0 Å². The molecule has 1 amide bonds. The number of rotatable bonds is 3. The third kappa shape index (κ3) is 2.68. The van der Waals surface area contributed by atoms with E-state index in [1.807, 2.05) is 6.07 Å². The summed E-state index contributed by atoms with van der Waals surface area (Å²) in [6, 6.07) is 8.88. The van der Waals surface area contributed by atoms with E-state index < -0.39 is 17.8 Å². The van der Waals surface area contributed by atoms with E-state index in [4.69, 9.17) is 4.74 Å². The minimum atomic E-state index is -2.14. The van der Waals surface area contributed by atoms with Crippen LogP contribution in [0.4, 0.5) is 10.5 Å². The molecule has 0 unspecified atom stereocenters. The lowest BCUT2D eigenvalue weighted by Gasteiger charge is -2.21. The Labute approximate surface area is 110 Å². The lowest BCUT2D eigenvalue weighted by atomic mass is 10.2. The molecule has 0 bridgehead atoms. The number of aliphatic hydroxyl groups is 1. The fraction of sp³-hybridized carbons (Fsp3) is 0.385. The second-order valence-electron chi connectivity index (χ2n) is 4.11. The van der Waals surface area contributed by atoms with Gasteiger partial charge in [-0.15, -0.1) is 0 Å². The van der Waals surface area contributed by atoms with Crippen LogP contribution in [-0.4, -0.2) is 36.1 Å². The zero-order valence-electron chi connectivity index (χ0n) is 10.5. The van der Waals surface area contributed by atoms with Crippen molar-refractivity contribution in [2.24, 2.45) is 0 Å². The largest absolute Gasteiger partial charge is 0.511 e. The molecule has 2 rings (SSSR count). The summed E-state index contributed by atoms with van der Waals surface area (Å²) >= 11 is 0. The van der Waals surface area contributed by atoms with Gasteiger partial charge in [0.25, 0.3) is 11.7 Å². The maximum Gasteiger partial charge on any atom is 0.511 e. The molecule has 0 saturated carbocycles. The molecular formula is C13H15NO5. The first-order chi connectivity index (χ1) is 9.07. The minimum absolute atomic E-state index is 0.0134. The summed E-state index contributed by atoms with van der Waals surface area (Å²) in [5.74, 6) is -2.80. The van der Waals surface area contributed by atoms with Crippen LogP contribution in [0.5, 0.6) is 0 Å². The molecule has 1 aromatic rings. The molecule has 1 aromatic carbocycles. The Balaban J connectivity index is 2.11. The van der Waals surface area contributed by atoms with Crippen molar-refractivity contribution in [3.05, 3.63) is 30.3 Å². The molecule has 6 nitrogen and oxygen atoms in total. The average Bonchev–Trinajstić information content (AvgIpc) is 2.67. The van der Waals surface area contributed by atoms with Crippen molar-refractivity contribution in [3.8, 4) is 0 Å². The van der Waals surface area contributed by atoms with Crippen molar-refractivity contribution in [1.82, 2.24) is 0 Å². The Hall–Kier alpha value is -2.08. The predicted molar refractivity (Wildman–Crippen MR) is 66.5 cm³/mol. The van der Waals surface area contributed by atoms with Crippen LogP contribution in [0.3, 0.4) is 0 Å². The number of ether oxygens (including phenoxy) is 2. The highest BCUT2D eigenvalue weighted by atomic mass is 16.8. The van der Waals surface area contributed by atoms with Crippen LogP contribution in [0.25, 0.3) is 0 Å². The molecule has 0 aliphatic carbocycles. The van der Waals surface area contributed by atoms with Crippen LogP contribution in [0.2, 0.25) is 0 Å². The molecule has 1 aliphatic rings.